The SMILES string of the molecule is CN(C)C(=O)COC(=O)c1ccccc1NCCc1ccc(Cl)cc1. The summed E-state index contributed by atoms with van der Waals surface area (Å²) in [6.07, 6.45) is 0.791. The predicted molar refractivity (Wildman–Crippen MR) is 99.1 cm³/mol. The second kappa shape index (κ2) is 9.08. The van der Waals surface area contributed by atoms with Crippen LogP contribution in [-0.2, 0) is 16.0 Å². The summed E-state index contributed by atoms with van der Waals surface area (Å²) < 4.78 is 5.08. The first-order valence-electron chi connectivity index (χ1n) is 7.92. The first kappa shape index (κ1) is 18.8. The monoisotopic (exact) mass is 360 g/mol. The molecule has 0 aliphatic carbocycles. The molecule has 0 heterocycles. The molecular weight excluding hydrogens is 340 g/mol. The molecule has 0 saturated heterocycles. The topological polar surface area (TPSA) is 58.6 Å². The maximum atomic E-state index is 12.2. The van der Waals surface area contributed by atoms with Crippen molar-refractivity contribution in [2.75, 3.05) is 32.6 Å². The molecule has 5 nitrogen and oxygen atoms in total. The Kier molecular flexibility index (Phi) is 6.83. The van der Waals surface area contributed by atoms with Crippen molar-refractivity contribution in [2.24, 2.45) is 0 Å². The Balaban J connectivity index is 1.94. The summed E-state index contributed by atoms with van der Waals surface area (Å²) in [6.45, 7) is 0.382. The van der Waals surface area contributed by atoms with Gasteiger partial charge in [0.05, 0.1) is 5.56 Å². The van der Waals surface area contributed by atoms with Crippen LogP contribution in [-0.4, -0.2) is 44.0 Å². The number of carbonyl (C=O) groups excluding carboxylic acids is 2. The average molecular weight is 361 g/mol. The Morgan fingerprint density at radius 3 is 2.44 bits per heavy atom. The van der Waals surface area contributed by atoms with E-state index in [2.05, 4.69) is 5.32 Å². The quantitative estimate of drug-likeness (QED) is 0.770. The lowest BCUT2D eigenvalue weighted by Crippen LogP contribution is -2.27. The van der Waals surface area contributed by atoms with E-state index >= 15 is 0 Å². The van der Waals surface area contributed by atoms with Gasteiger partial charge in [0.25, 0.3) is 5.91 Å². The van der Waals surface area contributed by atoms with Gasteiger partial charge in [-0.25, -0.2) is 4.79 Å². The number of nitrogens with one attached hydrogen (secondary N) is 1. The number of halogens is 1. The molecule has 2 aromatic rings. The fraction of sp³-hybridized carbons (Fsp3) is 0.263. The third kappa shape index (κ3) is 5.80. The number of ether oxygens (including phenoxy) is 1. The highest BCUT2D eigenvalue weighted by Crippen LogP contribution is 2.17. The van der Waals surface area contributed by atoms with Gasteiger partial charge in [-0.1, -0.05) is 35.9 Å². The zero-order chi connectivity index (χ0) is 18.2. The summed E-state index contributed by atoms with van der Waals surface area (Å²) in [5.74, 6) is -0.786. The van der Waals surface area contributed by atoms with Gasteiger partial charge in [-0.05, 0) is 36.2 Å². The van der Waals surface area contributed by atoms with E-state index in [4.69, 9.17) is 16.3 Å². The molecule has 0 saturated carbocycles. The number of amides is 1. The van der Waals surface area contributed by atoms with Gasteiger partial charge in [-0.2, -0.15) is 0 Å². The van der Waals surface area contributed by atoms with E-state index in [-0.39, 0.29) is 12.5 Å². The Morgan fingerprint density at radius 2 is 1.76 bits per heavy atom. The number of hydrogen-bond donors (Lipinski definition) is 1. The minimum absolute atomic E-state index is 0.262. The summed E-state index contributed by atoms with van der Waals surface area (Å²) in [5, 5.41) is 3.94. The van der Waals surface area contributed by atoms with E-state index in [9.17, 15) is 9.59 Å². The Bertz CT molecular complexity index is 730. The number of benzene rings is 2. The van der Waals surface area contributed by atoms with Crippen molar-refractivity contribution in [3.8, 4) is 0 Å². The molecule has 0 radical (unpaired) electrons. The lowest BCUT2D eigenvalue weighted by molar-refractivity contribution is -0.131. The van der Waals surface area contributed by atoms with E-state index in [0.29, 0.717) is 22.8 Å². The van der Waals surface area contributed by atoms with Crippen molar-refractivity contribution in [1.29, 1.82) is 0 Å². The molecule has 0 atom stereocenters. The van der Waals surface area contributed by atoms with Crippen molar-refractivity contribution in [3.63, 3.8) is 0 Å². The van der Waals surface area contributed by atoms with Gasteiger partial charge in [0.15, 0.2) is 6.61 Å². The minimum atomic E-state index is -0.523. The van der Waals surface area contributed by atoms with Gasteiger partial charge < -0.3 is 15.0 Å². The van der Waals surface area contributed by atoms with Crippen LogP contribution in [0, 0.1) is 0 Å². The summed E-state index contributed by atoms with van der Waals surface area (Å²) >= 11 is 5.87. The van der Waals surface area contributed by atoms with Crippen LogP contribution in [0.3, 0.4) is 0 Å². The molecule has 0 aliphatic rings. The molecule has 0 bridgehead atoms. The molecule has 2 rings (SSSR count). The van der Waals surface area contributed by atoms with E-state index in [1.165, 1.54) is 4.90 Å². The number of hydrogen-bond acceptors (Lipinski definition) is 4. The second-order valence-electron chi connectivity index (χ2n) is 5.71. The summed E-state index contributed by atoms with van der Waals surface area (Å²) in [7, 11) is 3.23. The fourth-order valence-corrected chi connectivity index (χ4v) is 2.27. The number of likely N-dealkylation sites (N-methyl/N-ethyl adjacent to an activating group) is 1. The van der Waals surface area contributed by atoms with Crippen LogP contribution in [0.4, 0.5) is 5.69 Å². The summed E-state index contributed by atoms with van der Waals surface area (Å²) in [6, 6.07) is 14.7. The Labute approximate surface area is 152 Å². The third-order valence-electron chi connectivity index (χ3n) is 3.61. The molecular formula is C19H21ClN2O3. The van der Waals surface area contributed by atoms with Crippen molar-refractivity contribution < 1.29 is 14.3 Å². The van der Waals surface area contributed by atoms with Crippen molar-refractivity contribution >= 4 is 29.2 Å². The van der Waals surface area contributed by atoms with Crippen LogP contribution in [0.25, 0.3) is 0 Å². The molecule has 132 valence electrons. The Hall–Kier alpha value is -2.53. The van der Waals surface area contributed by atoms with Crippen LogP contribution in [0.15, 0.2) is 48.5 Å². The number of anilines is 1. The zero-order valence-electron chi connectivity index (χ0n) is 14.3. The van der Waals surface area contributed by atoms with Gasteiger partial charge in [0, 0.05) is 31.4 Å². The molecule has 0 aliphatic heterocycles. The summed E-state index contributed by atoms with van der Waals surface area (Å²) in [5.41, 5.74) is 2.23. The lowest BCUT2D eigenvalue weighted by atomic mass is 10.1. The molecule has 1 N–H and O–H groups in total. The van der Waals surface area contributed by atoms with Gasteiger partial charge in [-0.15, -0.1) is 0 Å². The largest absolute Gasteiger partial charge is 0.452 e. The molecule has 2 aromatic carbocycles. The van der Waals surface area contributed by atoms with Crippen LogP contribution < -0.4 is 5.32 Å². The average Bonchev–Trinajstić information content (AvgIpc) is 2.61. The second-order valence-corrected chi connectivity index (χ2v) is 6.15. The smallest absolute Gasteiger partial charge is 0.340 e. The van der Waals surface area contributed by atoms with E-state index in [1.807, 2.05) is 36.4 Å². The van der Waals surface area contributed by atoms with E-state index in [1.54, 1.807) is 26.2 Å². The number of para-hydroxylation sites is 1. The first-order valence-corrected chi connectivity index (χ1v) is 8.30. The Morgan fingerprint density at radius 1 is 1.08 bits per heavy atom. The fourth-order valence-electron chi connectivity index (χ4n) is 2.14. The highest BCUT2D eigenvalue weighted by molar-refractivity contribution is 6.30. The summed E-state index contributed by atoms with van der Waals surface area (Å²) in [4.78, 5) is 25.1. The molecule has 6 heteroatoms. The number of rotatable bonds is 7. The first-order chi connectivity index (χ1) is 12.0. The van der Waals surface area contributed by atoms with Crippen LogP contribution in [0.2, 0.25) is 5.02 Å². The van der Waals surface area contributed by atoms with Gasteiger partial charge in [0.2, 0.25) is 0 Å². The van der Waals surface area contributed by atoms with E-state index in [0.717, 1.165) is 12.0 Å². The molecule has 0 fully saturated rings. The number of nitrogens with zero attached hydrogens (tertiary/aromatic N) is 1. The lowest BCUT2D eigenvalue weighted by Gasteiger charge is -2.13. The van der Waals surface area contributed by atoms with Crippen molar-refractivity contribution in [1.82, 2.24) is 4.90 Å². The standard InChI is InChI=1S/C19H21ClN2O3/c1-22(2)18(23)13-25-19(24)16-5-3-4-6-17(16)21-12-11-14-7-9-15(20)10-8-14/h3-10,21H,11-13H2,1-2H3. The maximum absolute atomic E-state index is 12.2. The third-order valence-corrected chi connectivity index (χ3v) is 3.87. The zero-order valence-corrected chi connectivity index (χ0v) is 15.0. The molecule has 0 aromatic heterocycles. The highest BCUT2D eigenvalue weighted by atomic mass is 35.5. The van der Waals surface area contributed by atoms with Crippen LogP contribution >= 0.6 is 11.6 Å². The van der Waals surface area contributed by atoms with Gasteiger partial charge >= 0.3 is 5.97 Å². The minimum Gasteiger partial charge on any atom is -0.452 e. The highest BCUT2D eigenvalue weighted by Gasteiger charge is 2.14. The normalized spacial score (nSPS) is 10.2. The maximum Gasteiger partial charge on any atom is 0.340 e. The van der Waals surface area contributed by atoms with E-state index < -0.39 is 5.97 Å². The number of carbonyl (C=O) groups is 2. The molecule has 0 unspecified atom stereocenters. The predicted octanol–water partition coefficient (Wildman–Crippen LogP) is 3.24. The van der Waals surface area contributed by atoms with Gasteiger partial charge in [-0.3, -0.25) is 4.79 Å². The number of esters is 1. The van der Waals surface area contributed by atoms with Crippen LogP contribution in [0.5, 0.6) is 0 Å². The van der Waals surface area contributed by atoms with Crippen molar-refractivity contribution in [3.05, 3.63) is 64.7 Å². The van der Waals surface area contributed by atoms with Gasteiger partial charge in [0.1, 0.15) is 0 Å². The molecule has 0 spiro atoms. The van der Waals surface area contributed by atoms with Crippen molar-refractivity contribution in [2.45, 2.75) is 6.42 Å². The van der Waals surface area contributed by atoms with Crippen LogP contribution in [0.1, 0.15) is 15.9 Å². The molecule has 1 amide bonds. The molecule has 25 heavy (non-hydrogen) atoms.